The van der Waals surface area contributed by atoms with E-state index in [1.165, 1.54) is 48.6 Å². The van der Waals surface area contributed by atoms with Crippen LogP contribution in [0.2, 0.25) is 0 Å². The molecule has 2 N–H and O–H groups in total. The van der Waals surface area contributed by atoms with E-state index in [1.54, 1.807) is 12.1 Å². The van der Waals surface area contributed by atoms with Crippen LogP contribution >= 0.6 is 24.4 Å². The lowest BCUT2D eigenvalue weighted by atomic mass is 10.1. The van der Waals surface area contributed by atoms with Gasteiger partial charge in [0, 0.05) is 0 Å². The fourth-order valence-corrected chi connectivity index (χ4v) is 5.08. The van der Waals surface area contributed by atoms with Gasteiger partial charge in [0.1, 0.15) is 9.79 Å². The molecule has 0 radical (unpaired) electrons. The topological polar surface area (TPSA) is 133 Å². The van der Waals surface area contributed by atoms with E-state index in [4.69, 9.17) is 9.11 Å². The van der Waals surface area contributed by atoms with E-state index in [-0.39, 0.29) is 20.9 Å². The number of benzene rings is 4. The molecule has 0 heterocycles. The summed E-state index contributed by atoms with van der Waals surface area (Å²) < 4.78 is 63.4. The minimum atomic E-state index is -4.40. The average molecular weight is 635 g/mol. The van der Waals surface area contributed by atoms with Gasteiger partial charge in [-0.1, -0.05) is 85.0 Å². The third-order valence-electron chi connectivity index (χ3n) is 5.44. The van der Waals surface area contributed by atoms with E-state index >= 15 is 0 Å². The Morgan fingerprint density at radius 3 is 1.17 bits per heavy atom. The minimum absolute atomic E-state index is 0.190. The lowest BCUT2D eigenvalue weighted by Crippen LogP contribution is -2.01. The lowest BCUT2D eigenvalue weighted by molar-refractivity contribution is 0.480. The van der Waals surface area contributed by atoms with Crippen molar-refractivity contribution in [2.75, 3.05) is 0 Å². The summed E-state index contributed by atoms with van der Waals surface area (Å²) in [6.45, 7) is 0. The Labute approximate surface area is 254 Å². The smallest absolute Gasteiger partial charge is 0.282 e. The molecule has 212 valence electrons. The summed E-state index contributed by atoms with van der Waals surface area (Å²) in [6.07, 6.45) is 6.74. The molecule has 0 saturated carbocycles. The Morgan fingerprint density at radius 1 is 0.524 bits per heavy atom. The van der Waals surface area contributed by atoms with Crippen LogP contribution in [0.25, 0.3) is 24.3 Å². The van der Waals surface area contributed by atoms with Crippen molar-refractivity contribution in [3.05, 3.63) is 119 Å². The molecule has 0 bridgehead atoms. The molecule has 4 rings (SSSR count). The van der Waals surface area contributed by atoms with Crippen LogP contribution in [0, 0.1) is 0 Å². The molecule has 12 heteroatoms. The zero-order valence-corrected chi connectivity index (χ0v) is 24.9. The van der Waals surface area contributed by atoms with Crippen LogP contribution in [0.5, 0.6) is 0 Å². The molecule has 0 aromatic heterocycles. The van der Waals surface area contributed by atoms with Gasteiger partial charge < -0.3 is 0 Å². The highest BCUT2D eigenvalue weighted by molar-refractivity contribution is 7.86. The van der Waals surface area contributed by atoms with E-state index in [0.717, 1.165) is 22.5 Å². The maximum Gasteiger partial charge on any atom is 0.295 e. The first kappa shape index (κ1) is 32.3. The molecular formula is C30H22N2O6S4. The molecule has 0 aliphatic rings. The molecular weight excluding hydrogens is 613 g/mol. The highest BCUT2D eigenvalue weighted by Gasteiger charge is 2.15. The predicted molar refractivity (Wildman–Crippen MR) is 173 cm³/mol. The average Bonchev–Trinajstić information content (AvgIpc) is 2.96. The third kappa shape index (κ3) is 10.0. The number of nitrogens with zero attached hydrogens (tertiary/aromatic N) is 2. The molecule has 0 atom stereocenters. The quantitative estimate of drug-likeness (QED) is 0.0873. The summed E-state index contributed by atoms with van der Waals surface area (Å²) in [5.41, 5.74) is 4.17. The number of aliphatic imine (C=N–C) groups is 2. The molecule has 0 fully saturated rings. The maximum absolute atomic E-state index is 11.3. The molecule has 0 unspecified atom stereocenters. The van der Waals surface area contributed by atoms with E-state index < -0.39 is 20.2 Å². The molecule has 0 amide bonds. The lowest BCUT2D eigenvalue weighted by Gasteiger charge is -2.04. The van der Waals surface area contributed by atoms with Crippen molar-refractivity contribution in [3.8, 4) is 0 Å². The first-order valence-corrected chi connectivity index (χ1v) is 15.6. The SMILES string of the molecule is O=S(=O)(O)c1ccccc1C=Cc1ccccc1S(=O)(=O)O.S=C=Nc1ccc(C=Cc2ccc(N=C=S)cc2)cc1. The van der Waals surface area contributed by atoms with Crippen molar-refractivity contribution in [1.82, 2.24) is 0 Å². The zero-order chi connectivity index (χ0) is 30.6. The van der Waals surface area contributed by atoms with Gasteiger partial charge in [-0.05, 0) is 83.1 Å². The molecule has 42 heavy (non-hydrogen) atoms. The van der Waals surface area contributed by atoms with Crippen molar-refractivity contribution >= 4 is 90.7 Å². The van der Waals surface area contributed by atoms with Crippen molar-refractivity contribution < 1.29 is 25.9 Å². The third-order valence-corrected chi connectivity index (χ3v) is 7.48. The van der Waals surface area contributed by atoms with E-state index in [1.807, 2.05) is 60.7 Å². The van der Waals surface area contributed by atoms with Crippen LogP contribution in [0.3, 0.4) is 0 Å². The Kier molecular flexibility index (Phi) is 11.6. The van der Waals surface area contributed by atoms with Gasteiger partial charge in [-0.25, -0.2) is 0 Å². The Bertz CT molecular complexity index is 1780. The molecule has 4 aromatic carbocycles. The number of isothiocyanates is 2. The Balaban J connectivity index is 0.000000231. The Hall–Kier alpha value is -4.22. The maximum atomic E-state index is 11.3. The van der Waals surface area contributed by atoms with Gasteiger partial charge in [0.15, 0.2) is 0 Å². The van der Waals surface area contributed by atoms with E-state index in [9.17, 15) is 16.8 Å². The standard InChI is InChI=1S/C16H10N2S2.C14H12O6S2/c19-11-17-15-7-3-13(4-8-15)1-2-14-5-9-16(10-6-14)18-12-20;15-21(16,17)13-7-3-1-5-11(13)9-10-12-6-2-4-8-14(12)22(18,19)20/h1-10H;1-10H,(H,15,16,17)(H,18,19,20). The molecule has 8 nitrogen and oxygen atoms in total. The van der Waals surface area contributed by atoms with E-state index in [2.05, 4.69) is 44.7 Å². The van der Waals surface area contributed by atoms with Crippen LogP contribution in [-0.2, 0) is 20.2 Å². The van der Waals surface area contributed by atoms with E-state index in [0.29, 0.717) is 0 Å². The number of hydrogen-bond donors (Lipinski definition) is 2. The fourth-order valence-electron chi connectivity index (χ4n) is 3.50. The second-order valence-electron chi connectivity index (χ2n) is 8.28. The van der Waals surface area contributed by atoms with Crippen molar-refractivity contribution in [3.63, 3.8) is 0 Å². The van der Waals surface area contributed by atoms with Crippen LogP contribution in [0.15, 0.2) is 117 Å². The summed E-state index contributed by atoms with van der Waals surface area (Å²) in [5, 5.41) is 4.69. The summed E-state index contributed by atoms with van der Waals surface area (Å²) in [6, 6.07) is 26.9. The van der Waals surface area contributed by atoms with Crippen molar-refractivity contribution in [1.29, 1.82) is 0 Å². The first-order valence-electron chi connectivity index (χ1n) is 11.9. The highest BCUT2D eigenvalue weighted by atomic mass is 32.2. The second kappa shape index (κ2) is 15.1. The van der Waals surface area contributed by atoms with Crippen LogP contribution in [-0.4, -0.2) is 36.3 Å². The van der Waals surface area contributed by atoms with Gasteiger partial charge in [-0.15, -0.1) is 0 Å². The molecule has 4 aromatic rings. The Morgan fingerprint density at radius 2 is 0.857 bits per heavy atom. The summed E-state index contributed by atoms with van der Waals surface area (Å²) in [7, 11) is -8.79. The zero-order valence-electron chi connectivity index (χ0n) is 21.6. The van der Waals surface area contributed by atoms with Crippen LogP contribution in [0.1, 0.15) is 22.3 Å². The van der Waals surface area contributed by atoms with Crippen LogP contribution < -0.4 is 0 Å². The molecule has 0 saturated heterocycles. The van der Waals surface area contributed by atoms with Gasteiger partial charge in [0.25, 0.3) is 20.2 Å². The van der Waals surface area contributed by atoms with Gasteiger partial charge in [-0.3, -0.25) is 9.11 Å². The second-order valence-corrected chi connectivity index (χ2v) is 11.4. The monoisotopic (exact) mass is 634 g/mol. The van der Waals surface area contributed by atoms with Crippen LogP contribution in [0.4, 0.5) is 11.4 Å². The number of rotatable bonds is 8. The first-order chi connectivity index (χ1) is 20.0. The predicted octanol–water partition coefficient (Wildman–Crippen LogP) is 7.68. The molecule has 0 aliphatic carbocycles. The highest BCUT2D eigenvalue weighted by Crippen LogP contribution is 2.21. The largest absolute Gasteiger partial charge is 0.295 e. The fraction of sp³-hybridized carbons (Fsp3) is 0. The summed E-state index contributed by atoms with van der Waals surface area (Å²) >= 11 is 9.12. The molecule has 0 spiro atoms. The molecule has 0 aliphatic heterocycles. The van der Waals surface area contributed by atoms with Gasteiger partial charge >= 0.3 is 0 Å². The summed E-state index contributed by atoms with van der Waals surface area (Å²) in [4.78, 5) is 7.23. The number of thiocarbonyl (C=S) groups is 2. The van der Waals surface area contributed by atoms with Gasteiger partial charge in [0.2, 0.25) is 0 Å². The summed E-state index contributed by atoms with van der Waals surface area (Å²) in [5.74, 6) is 0. The van der Waals surface area contributed by atoms with Gasteiger partial charge in [0.05, 0.1) is 21.7 Å². The minimum Gasteiger partial charge on any atom is -0.282 e. The van der Waals surface area contributed by atoms with Crippen molar-refractivity contribution in [2.45, 2.75) is 9.79 Å². The van der Waals surface area contributed by atoms with Crippen molar-refractivity contribution in [2.24, 2.45) is 9.98 Å². The normalized spacial score (nSPS) is 11.3. The van der Waals surface area contributed by atoms with Gasteiger partial charge in [-0.2, -0.15) is 26.8 Å². The number of hydrogen-bond acceptors (Lipinski definition) is 8.